The van der Waals surface area contributed by atoms with E-state index >= 15 is 0 Å². The number of rotatable bonds is 5. The van der Waals surface area contributed by atoms with Gasteiger partial charge in [-0.05, 0) is 55.8 Å². The minimum absolute atomic E-state index is 0.169. The van der Waals surface area contributed by atoms with Gasteiger partial charge in [0.05, 0.1) is 7.11 Å². The van der Waals surface area contributed by atoms with Crippen molar-refractivity contribution in [3.63, 3.8) is 0 Å². The third kappa shape index (κ3) is 3.69. The molecule has 1 N–H and O–H groups in total. The number of nitrogens with zero attached hydrogens (tertiary/aromatic N) is 1. The van der Waals surface area contributed by atoms with Crippen LogP contribution in [0.2, 0.25) is 0 Å². The van der Waals surface area contributed by atoms with Crippen molar-refractivity contribution in [1.82, 2.24) is 10.2 Å². The number of benzene rings is 1. The molecule has 0 aliphatic carbocycles. The van der Waals surface area contributed by atoms with E-state index in [2.05, 4.69) is 29.3 Å². The fraction of sp³-hybridized carbons (Fsp3) is 0.632. The van der Waals surface area contributed by atoms with Gasteiger partial charge < -0.3 is 15.0 Å². The van der Waals surface area contributed by atoms with E-state index in [1.165, 1.54) is 5.56 Å². The van der Waals surface area contributed by atoms with Crippen LogP contribution >= 0.6 is 0 Å². The van der Waals surface area contributed by atoms with Crippen LogP contribution in [0.1, 0.15) is 25.3 Å². The number of methoxy groups -OCH3 is 1. The summed E-state index contributed by atoms with van der Waals surface area (Å²) < 4.78 is 5.45. The molecule has 4 nitrogen and oxygen atoms in total. The van der Waals surface area contributed by atoms with Crippen LogP contribution in [0.25, 0.3) is 0 Å². The summed E-state index contributed by atoms with van der Waals surface area (Å²) in [4.78, 5) is 14.7. The van der Waals surface area contributed by atoms with Gasteiger partial charge in [0, 0.05) is 19.0 Å². The second-order valence-corrected chi connectivity index (χ2v) is 6.99. The molecular formula is C19H28N2O2. The molecule has 2 saturated heterocycles. The SMILES string of the molecule is COc1ccccc1CC1CCN(C(=O)C(C)C2CNC2)CC1. The highest BCUT2D eigenvalue weighted by Crippen LogP contribution is 2.28. The minimum Gasteiger partial charge on any atom is -0.496 e. The zero-order valence-electron chi connectivity index (χ0n) is 14.3. The molecule has 2 aliphatic rings. The summed E-state index contributed by atoms with van der Waals surface area (Å²) in [5.74, 6) is 2.69. The third-order valence-corrected chi connectivity index (χ3v) is 5.54. The molecule has 2 fully saturated rings. The number of carbonyl (C=O) groups excluding carboxylic acids is 1. The molecule has 0 spiro atoms. The fourth-order valence-electron chi connectivity index (χ4n) is 3.69. The molecule has 1 aromatic rings. The molecule has 1 atom stereocenters. The lowest BCUT2D eigenvalue weighted by Crippen LogP contribution is -2.51. The van der Waals surface area contributed by atoms with Crippen LogP contribution in [0.3, 0.4) is 0 Å². The maximum absolute atomic E-state index is 12.6. The van der Waals surface area contributed by atoms with Gasteiger partial charge in [0.2, 0.25) is 5.91 Å². The Balaban J connectivity index is 1.51. The Labute approximate surface area is 139 Å². The molecule has 126 valence electrons. The van der Waals surface area contributed by atoms with E-state index in [0.717, 1.165) is 51.2 Å². The Bertz CT molecular complexity index is 534. The van der Waals surface area contributed by atoms with Crippen LogP contribution in [-0.4, -0.2) is 44.1 Å². The molecule has 2 heterocycles. The van der Waals surface area contributed by atoms with Crippen molar-refractivity contribution in [2.24, 2.45) is 17.8 Å². The van der Waals surface area contributed by atoms with Crippen molar-refractivity contribution in [3.05, 3.63) is 29.8 Å². The smallest absolute Gasteiger partial charge is 0.225 e. The quantitative estimate of drug-likeness (QED) is 0.906. The van der Waals surface area contributed by atoms with Gasteiger partial charge in [-0.3, -0.25) is 4.79 Å². The molecule has 2 aliphatic heterocycles. The van der Waals surface area contributed by atoms with Gasteiger partial charge in [-0.15, -0.1) is 0 Å². The molecule has 1 unspecified atom stereocenters. The van der Waals surface area contributed by atoms with Gasteiger partial charge in [0.1, 0.15) is 5.75 Å². The van der Waals surface area contributed by atoms with E-state index in [9.17, 15) is 4.79 Å². The topological polar surface area (TPSA) is 41.6 Å². The van der Waals surface area contributed by atoms with E-state index in [0.29, 0.717) is 17.7 Å². The summed E-state index contributed by atoms with van der Waals surface area (Å²) in [7, 11) is 1.73. The summed E-state index contributed by atoms with van der Waals surface area (Å²) in [5.41, 5.74) is 1.29. The van der Waals surface area contributed by atoms with E-state index < -0.39 is 0 Å². The molecule has 1 amide bonds. The number of amides is 1. The summed E-state index contributed by atoms with van der Waals surface area (Å²) in [6, 6.07) is 8.27. The number of likely N-dealkylation sites (tertiary alicyclic amines) is 1. The maximum atomic E-state index is 12.6. The average molecular weight is 316 g/mol. The molecule has 0 bridgehead atoms. The lowest BCUT2D eigenvalue weighted by molar-refractivity contribution is -0.138. The lowest BCUT2D eigenvalue weighted by Gasteiger charge is -2.38. The number of hydrogen-bond acceptors (Lipinski definition) is 3. The third-order valence-electron chi connectivity index (χ3n) is 5.54. The Morgan fingerprint density at radius 1 is 1.30 bits per heavy atom. The minimum atomic E-state index is 0.169. The van der Waals surface area contributed by atoms with Crippen LogP contribution in [-0.2, 0) is 11.2 Å². The van der Waals surface area contributed by atoms with E-state index in [1.54, 1.807) is 7.11 Å². The van der Waals surface area contributed by atoms with E-state index in [4.69, 9.17) is 4.74 Å². The summed E-state index contributed by atoms with van der Waals surface area (Å²) in [5, 5.41) is 3.26. The zero-order valence-corrected chi connectivity index (χ0v) is 14.3. The van der Waals surface area contributed by atoms with Gasteiger partial charge in [-0.25, -0.2) is 0 Å². The largest absolute Gasteiger partial charge is 0.496 e. The van der Waals surface area contributed by atoms with Crippen LogP contribution in [0, 0.1) is 17.8 Å². The summed E-state index contributed by atoms with van der Waals surface area (Å²) in [6.07, 6.45) is 3.24. The van der Waals surface area contributed by atoms with Gasteiger partial charge >= 0.3 is 0 Å². The van der Waals surface area contributed by atoms with Crippen LogP contribution < -0.4 is 10.1 Å². The molecule has 0 aromatic heterocycles. The zero-order chi connectivity index (χ0) is 16.2. The average Bonchev–Trinajstić information content (AvgIpc) is 2.54. The number of piperidine rings is 1. The first-order valence-electron chi connectivity index (χ1n) is 8.80. The van der Waals surface area contributed by atoms with Crippen molar-refractivity contribution in [1.29, 1.82) is 0 Å². The predicted molar refractivity (Wildman–Crippen MR) is 91.5 cm³/mol. The van der Waals surface area contributed by atoms with Crippen LogP contribution in [0.4, 0.5) is 0 Å². The second kappa shape index (κ2) is 7.35. The molecule has 0 radical (unpaired) electrons. The Morgan fingerprint density at radius 2 is 2.00 bits per heavy atom. The molecule has 1 aromatic carbocycles. The standard InChI is InChI=1S/C19H28N2O2/c1-14(17-12-20-13-17)19(22)21-9-7-15(8-10-21)11-16-5-3-4-6-18(16)23-2/h3-6,14-15,17,20H,7-13H2,1-2H3. The van der Waals surface area contributed by atoms with E-state index in [1.807, 2.05) is 12.1 Å². The highest BCUT2D eigenvalue weighted by Gasteiger charge is 2.33. The Hall–Kier alpha value is -1.55. The first kappa shape index (κ1) is 16.3. The first-order chi connectivity index (χ1) is 11.2. The monoisotopic (exact) mass is 316 g/mol. The number of para-hydroxylation sites is 1. The number of carbonyl (C=O) groups is 1. The van der Waals surface area contributed by atoms with Crippen molar-refractivity contribution in [3.8, 4) is 5.75 Å². The van der Waals surface area contributed by atoms with Crippen molar-refractivity contribution < 1.29 is 9.53 Å². The second-order valence-electron chi connectivity index (χ2n) is 6.99. The van der Waals surface area contributed by atoms with Crippen LogP contribution in [0.5, 0.6) is 5.75 Å². The normalized spacial score (nSPS) is 20.9. The molecule has 3 rings (SSSR count). The summed E-state index contributed by atoms with van der Waals surface area (Å²) in [6.45, 7) is 5.90. The first-order valence-corrected chi connectivity index (χ1v) is 8.80. The van der Waals surface area contributed by atoms with Gasteiger partial charge in [0.15, 0.2) is 0 Å². The predicted octanol–water partition coefficient (Wildman–Crippen LogP) is 2.33. The highest BCUT2D eigenvalue weighted by atomic mass is 16.5. The lowest BCUT2D eigenvalue weighted by atomic mass is 9.86. The van der Waals surface area contributed by atoms with Gasteiger partial charge in [0.25, 0.3) is 0 Å². The molecule has 23 heavy (non-hydrogen) atoms. The molecule has 0 saturated carbocycles. The van der Waals surface area contributed by atoms with Crippen molar-refractivity contribution in [2.75, 3.05) is 33.3 Å². The fourth-order valence-corrected chi connectivity index (χ4v) is 3.69. The van der Waals surface area contributed by atoms with Crippen LogP contribution in [0.15, 0.2) is 24.3 Å². The van der Waals surface area contributed by atoms with Crippen molar-refractivity contribution >= 4 is 5.91 Å². The van der Waals surface area contributed by atoms with Crippen molar-refractivity contribution in [2.45, 2.75) is 26.2 Å². The Kier molecular flexibility index (Phi) is 5.21. The summed E-state index contributed by atoms with van der Waals surface area (Å²) >= 11 is 0. The van der Waals surface area contributed by atoms with Gasteiger partial charge in [-0.2, -0.15) is 0 Å². The number of ether oxygens (including phenoxy) is 1. The molecular weight excluding hydrogens is 288 g/mol. The van der Waals surface area contributed by atoms with Gasteiger partial charge in [-0.1, -0.05) is 25.1 Å². The number of nitrogens with one attached hydrogen (secondary N) is 1. The highest BCUT2D eigenvalue weighted by molar-refractivity contribution is 5.79. The number of hydrogen-bond donors (Lipinski definition) is 1. The molecule has 4 heteroatoms. The Morgan fingerprint density at radius 3 is 2.61 bits per heavy atom. The van der Waals surface area contributed by atoms with E-state index in [-0.39, 0.29) is 5.92 Å². The maximum Gasteiger partial charge on any atom is 0.225 e.